The second-order valence-corrected chi connectivity index (χ2v) is 5.55. The molecule has 1 N–H and O–H groups in total. The van der Waals surface area contributed by atoms with Crippen LogP contribution in [0.3, 0.4) is 0 Å². The minimum Gasteiger partial charge on any atom is -0.479 e. The molecule has 1 rings (SSSR count). The molecular weight excluding hydrogens is 200 g/mol. The largest absolute Gasteiger partial charge is 0.479 e. The number of carboxylic acid groups (broad SMARTS) is 1. The molecule has 1 fully saturated rings. The molecule has 4 heteroatoms. The van der Waals surface area contributed by atoms with Crippen LogP contribution in [0.4, 0.5) is 0 Å². The van der Waals surface area contributed by atoms with E-state index in [0.717, 1.165) is 5.75 Å². The highest BCUT2D eigenvalue weighted by Gasteiger charge is 2.47. The summed E-state index contributed by atoms with van der Waals surface area (Å²) in [4.78, 5) is 11.2. The summed E-state index contributed by atoms with van der Waals surface area (Å²) in [5.41, 5.74) is -0.905. The van der Waals surface area contributed by atoms with E-state index in [1.54, 1.807) is 11.8 Å². The van der Waals surface area contributed by atoms with Gasteiger partial charge >= 0.3 is 5.97 Å². The zero-order chi connectivity index (χ0) is 10.8. The van der Waals surface area contributed by atoms with E-state index in [-0.39, 0.29) is 5.41 Å². The molecule has 1 unspecified atom stereocenters. The van der Waals surface area contributed by atoms with Gasteiger partial charge in [-0.3, -0.25) is 0 Å². The highest BCUT2D eigenvalue weighted by atomic mass is 32.2. The van der Waals surface area contributed by atoms with Crippen LogP contribution >= 0.6 is 11.8 Å². The van der Waals surface area contributed by atoms with Crippen molar-refractivity contribution >= 4 is 17.7 Å². The molecule has 0 saturated carbocycles. The Morgan fingerprint density at radius 2 is 2.14 bits per heavy atom. The first kappa shape index (κ1) is 11.9. The number of hydrogen-bond acceptors (Lipinski definition) is 3. The molecule has 1 atom stereocenters. The highest BCUT2D eigenvalue weighted by molar-refractivity contribution is 7.99. The summed E-state index contributed by atoms with van der Waals surface area (Å²) in [6.45, 7) is 6.49. The topological polar surface area (TPSA) is 46.5 Å². The average Bonchev–Trinajstić information content (AvgIpc) is 2.02. The van der Waals surface area contributed by atoms with Gasteiger partial charge in [0, 0.05) is 12.4 Å². The molecule has 1 aliphatic heterocycles. The Balaban J connectivity index is 2.82. The number of rotatable bonds is 3. The average molecular weight is 218 g/mol. The van der Waals surface area contributed by atoms with Crippen molar-refractivity contribution in [2.24, 2.45) is 5.41 Å². The van der Waals surface area contributed by atoms with Gasteiger partial charge in [0.2, 0.25) is 0 Å². The molecule has 0 bridgehead atoms. The second kappa shape index (κ2) is 4.11. The number of thioether (sulfide) groups is 1. The predicted octanol–water partition coefficient (Wildman–Crippen LogP) is 2.01. The van der Waals surface area contributed by atoms with E-state index in [9.17, 15) is 9.90 Å². The summed E-state index contributed by atoms with van der Waals surface area (Å²) in [6, 6.07) is 0. The van der Waals surface area contributed by atoms with Gasteiger partial charge in [-0.25, -0.2) is 4.79 Å². The summed E-state index contributed by atoms with van der Waals surface area (Å²) in [7, 11) is 0. The first-order chi connectivity index (χ1) is 6.42. The lowest BCUT2D eigenvalue weighted by Gasteiger charge is -2.41. The minimum atomic E-state index is -0.957. The minimum absolute atomic E-state index is 0.0521. The Morgan fingerprint density at radius 1 is 1.50 bits per heavy atom. The van der Waals surface area contributed by atoms with Gasteiger partial charge in [0.05, 0.1) is 0 Å². The van der Waals surface area contributed by atoms with Gasteiger partial charge in [-0.2, -0.15) is 11.8 Å². The van der Waals surface area contributed by atoms with E-state index in [2.05, 4.69) is 13.8 Å². The Morgan fingerprint density at radius 3 is 2.57 bits per heavy atom. The molecule has 1 aliphatic rings. The quantitative estimate of drug-likeness (QED) is 0.787. The number of carboxylic acids is 1. The van der Waals surface area contributed by atoms with Crippen LogP contribution in [0.15, 0.2) is 0 Å². The molecule has 0 amide bonds. The van der Waals surface area contributed by atoms with E-state index in [0.29, 0.717) is 18.8 Å². The van der Waals surface area contributed by atoms with Crippen molar-refractivity contribution < 1.29 is 14.6 Å². The third-order valence-electron chi connectivity index (χ3n) is 2.40. The first-order valence-electron chi connectivity index (χ1n) is 4.87. The summed E-state index contributed by atoms with van der Waals surface area (Å²) in [5.74, 6) is 0.758. The SMILES string of the molecule is CCOC1(C(=O)O)CSCC(C)(C)C1. The van der Waals surface area contributed by atoms with Crippen LogP contribution in [0.1, 0.15) is 27.2 Å². The van der Waals surface area contributed by atoms with E-state index in [1.165, 1.54) is 0 Å². The molecule has 0 aromatic carbocycles. The maximum absolute atomic E-state index is 11.2. The lowest BCUT2D eigenvalue weighted by atomic mass is 9.82. The third kappa shape index (κ3) is 2.42. The van der Waals surface area contributed by atoms with E-state index in [1.807, 2.05) is 6.92 Å². The predicted molar refractivity (Wildman–Crippen MR) is 57.7 cm³/mol. The van der Waals surface area contributed by atoms with Crippen LogP contribution in [-0.2, 0) is 9.53 Å². The van der Waals surface area contributed by atoms with Crippen molar-refractivity contribution in [3.63, 3.8) is 0 Å². The fourth-order valence-electron chi connectivity index (χ4n) is 1.94. The first-order valence-corrected chi connectivity index (χ1v) is 6.02. The fourth-order valence-corrected chi connectivity index (χ4v) is 3.33. The third-order valence-corrected chi connectivity index (χ3v) is 4.06. The molecular formula is C10H18O3S. The molecule has 14 heavy (non-hydrogen) atoms. The van der Waals surface area contributed by atoms with Crippen molar-refractivity contribution in [3.8, 4) is 0 Å². The molecule has 0 radical (unpaired) electrons. The van der Waals surface area contributed by atoms with Gasteiger partial charge in [0.15, 0.2) is 5.60 Å². The smallest absolute Gasteiger partial charge is 0.336 e. The number of carbonyl (C=O) groups is 1. The zero-order valence-electron chi connectivity index (χ0n) is 9.00. The van der Waals surface area contributed by atoms with Gasteiger partial charge in [-0.15, -0.1) is 0 Å². The van der Waals surface area contributed by atoms with Crippen LogP contribution in [0, 0.1) is 5.41 Å². The summed E-state index contributed by atoms with van der Waals surface area (Å²) in [5, 5.41) is 9.21. The van der Waals surface area contributed by atoms with Crippen molar-refractivity contribution in [3.05, 3.63) is 0 Å². The van der Waals surface area contributed by atoms with Crippen molar-refractivity contribution in [2.45, 2.75) is 32.8 Å². The van der Waals surface area contributed by atoms with E-state index in [4.69, 9.17) is 4.74 Å². The standard InChI is InChI=1S/C10H18O3S/c1-4-13-10(8(11)12)5-9(2,3)6-14-7-10/h4-7H2,1-3H3,(H,11,12). The van der Waals surface area contributed by atoms with Crippen molar-refractivity contribution in [1.29, 1.82) is 0 Å². The highest BCUT2D eigenvalue weighted by Crippen LogP contribution is 2.41. The Labute approximate surface area is 89.2 Å². The molecule has 1 saturated heterocycles. The van der Waals surface area contributed by atoms with Gasteiger partial charge < -0.3 is 9.84 Å². The molecule has 0 aromatic rings. The van der Waals surface area contributed by atoms with Gasteiger partial charge in [-0.05, 0) is 24.5 Å². The number of ether oxygens (including phenoxy) is 1. The molecule has 0 spiro atoms. The Kier molecular flexibility index (Phi) is 3.48. The van der Waals surface area contributed by atoms with E-state index >= 15 is 0 Å². The molecule has 0 aromatic heterocycles. The monoisotopic (exact) mass is 218 g/mol. The van der Waals surface area contributed by atoms with Crippen LogP contribution in [0.2, 0.25) is 0 Å². The summed E-state index contributed by atoms with van der Waals surface area (Å²) in [6.07, 6.45) is 0.607. The zero-order valence-corrected chi connectivity index (χ0v) is 9.82. The van der Waals surface area contributed by atoms with Crippen LogP contribution in [0.5, 0.6) is 0 Å². The summed E-state index contributed by atoms with van der Waals surface area (Å²) < 4.78 is 5.45. The maximum Gasteiger partial charge on any atom is 0.336 e. The summed E-state index contributed by atoms with van der Waals surface area (Å²) >= 11 is 1.67. The lowest BCUT2D eigenvalue weighted by molar-refractivity contribution is -0.166. The lowest BCUT2D eigenvalue weighted by Crippen LogP contribution is -2.50. The normalized spacial score (nSPS) is 31.4. The van der Waals surface area contributed by atoms with Gasteiger partial charge in [0.1, 0.15) is 0 Å². The van der Waals surface area contributed by atoms with Gasteiger partial charge in [-0.1, -0.05) is 13.8 Å². The molecule has 3 nitrogen and oxygen atoms in total. The Hall–Kier alpha value is -0.220. The van der Waals surface area contributed by atoms with Crippen LogP contribution in [0.25, 0.3) is 0 Å². The molecule has 1 heterocycles. The maximum atomic E-state index is 11.2. The van der Waals surface area contributed by atoms with Gasteiger partial charge in [0.25, 0.3) is 0 Å². The molecule has 0 aliphatic carbocycles. The number of aliphatic carboxylic acids is 1. The van der Waals surface area contributed by atoms with Crippen molar-refractivity contribution in [2.75, 3.05) is 18.1 Å². The van der Waals surface area contributed by atoms with Crippen molar-refractivity contribution in [1.82, 2.24) is 0 Å². The molecule has 82 valence electrons. The number of hydrogen-bond donors (Lipinski definition) is 1. The Bertz CT molecular complexity index is 223. The van der Waals surface area contributed by atoms with Crippen LogP contribution < -0.4 is 0 Å². The van der Waals surface area contributed by atoms with Crippen LogP contribution in [-0.4, -0.2) is 34.8 Å². The fraction of sp³-hybridized carbons (Fsp3) is 0.900. The van der Waals surface area contributed by atoms with E-state index < -0.39 is 11.6 Å². The second-order valence-electron chi connectivity index (χ2n) is 4.57.